The fourth-order valence-electron chi connectivity index (χ4n) is 1.95. The van der Waals surface area contributed by atoms with E-state index in [0.29, 0.717) is 0 Å². The van der Waals surface area contributed by atoms with Crippen molar-refractivity contribution in [3.05, 3.63) is 0 Å². The van der Waals surface area contributed by atoms with E-state index in [1.807, 2.05) is 0 Å². The standard InChI is InChI=1S/C8H15NO6/c10-5-2-8(14,7(12)13)1-4(3-9-15)6(5)11/h4-6,9-11,14-15H,1-3H2,(H,12,13)/p+1/t4-,5-,6-,8+/m1/s1. The van der Waals surface area contributed by atoms with Crippen LogP contribution in [0.4, 0.5) is 0 Å². The Morgan fingerprint density at radius 3 is 2.47 bits per heavy atom. The molecule has 1 fully saturated rings. The third-order valence-electron chi connectivity index (χ3n) is 2.83. The van der Waals surface area contributed by atoms with Gasteiger partial charge in [-0.1, -0.05) is 0 Å². The van der Waals surface area contributed by atoms with E-state index in [4.69, 9.17) is 10.3 Å². The van der Waals surface area contributed by atoms with Gasteiger partial charge in [-0.3, -0.25) is 0 Å². The quantitative estimate of drug-likeness (QED) is 0.280. The summed E-state index contributed by atoms with van der Waals surface area (Å²) in [6, 6.07) is 0. The molecular weight excluding hydrogens is 206 g/mol. The van der Waals surface area contributed by atoms with Crippen molar-refractivity contribution in [2.24, 2.45) is 5.92 Å². The van der Waals surface area contributed by atoms with Crippen LogP contribution in [0.5, 0.6) is 0 Å². The van der Waals surface area contributed by atoms with Crippen molar-refractivity contribution in [2.75, 3.05) is 6.54 Å². The summed E-state index contributed by atoms with van der Waals surface area (Å²) in [5, 5.41) is 45.9. The number of hydrogen-bond donors (Lipinski definition) is 6. The van der Waals surface area contributed by atoms with Crippen LogP contribution in [-0.2, 0) is 4.79 Å². The minimum atomic E-state index is -2.02. The molecule has 0 aromatic rings. The van der Waals surface area contributed by atoms with Gasteiger partial charge in [0.05, 0.1) is 12.2 Å². The number of carboxylic acids is 1. The van der Waals surface area contributed by atoms with Crippen molar-refractivity contribution in [1.82, 2.24) is 0 Å². The Hall–Kier alpha value is -0.730. The Labute approximate surface area is 85.9 Å². The molecule has 1 saturated carbocycles. The third kappa shape index (κ3) is 2.44. The molecule has 1 rings (SSSR count). The van der Waals surface area contributed by atoms with Crippen LogP contribution in [0.1, 0.15) is 12.8 Å². The highest BCUT2D eigenvalue weighted by molar-refractivity contribution is 5.77. The monoisotopic (exact) mass is 222 g/mol. The van der Waals surface area contributed by atoms with Gasteiger partial charge in [0, 0.05) is 12.3 Å². The van der Waals surface area contributed by atoms with Crippen LogP contribution in [0.15, 0.2) is 0 Å². The Balaban J connectivity index is 2.78. The molecule has 0 heterocycles. The highest BCUT2D eigenvalue weighted by atomic mass is 16.5. The molecule has 0 bridgehead atoms. The molecule has 0 spiro atoms. The van der Waals surface area contributed by atoms with Gasteiger partial charge in [-0.05, 0) is 6.42 Å². The van der Waals surface area contributed by atoms with Gasteiger partial charge in [0.25, 0.3) is 0 Å². The highest BCUT2D eigenvalue weighted by Gasteiger charge is 2.49. The lowest BCUT2D eigenvalue weighted by atomic mass is 9.75. The molecule has 7 N–H and O–H groups in total. The van der Waals surface area contributed by atoms with Crippen LogP contribution in [0, 0.1) is 5.92 Å². The first-order valence-electron chi connectivity index (χ1n) is 4.68. The average Bonchev–Trinajstić information content (AvgIpc) is 2.14. The number of hydrogen-bond acceptors (Lipinski definition) is 5. The van der Waals surface area contributed by atoms with Gasteiger partial charge in [-0.15, -0.1) is 0 Å². The molecule has 0 radical (unpaired) electrons. The number of aliphatic hydroxyl groups excluding tert-OH is 2. The molecule has 7 nitrogen and oxygen atoms in total. The minimum Gasteiger partial charge on any atom is -0.479 e. The maximum absolute atomic E-state index is 10.8. The zero-order valence-electron chi connectivity index (χ0n) is 8.08. The van der Waals surface area contributed by atoms with Gasteiger partial charge >= 0.3 is 5.97 Å². The molecule has 1 aliphatic carbocycles. The number of rotatable bonds is 3. The predicted molar refractivity (Wildman–Crippen MR) is 45.9 cm³/mol. The molecular formula is C8H16NO6+. The van der Waals surface area contributed by atoms with Crippen LogP contribution < -0.4 is 5.48 Å². The van der Waals surface area contributed by atoms with Gasteiger partial charge in [-0.2, -0.15) is 0 Å². The largest absolute Gasteiger partial charge is 0.479 e. The summed E-state index contributed by atoms with van der Waals surface area (Å²) >= 11 is 0. The van der Waals surface area contributed by atoms with E-state index in [0.717, 1.165) is 5.48 Å². The molecule has 0 saturated heterocycles. The average molecular weight is 222 g/mol. The first-order valence-corrected chi connectivity index (χ1v) is 4.68. The topological polar surface area (TPSA) is 135 Å². The van der Waals surface area contributed by atoms with E-state index in [1.54, 1.807) is 0 Å². The molecule has 4 atom stereocenters. The second-order valence-corrected chi connectivity index (χ2v) is 3.98. The number of carbonyl (C=O) groups is 1. The molecule has 0 unspecified atom stereocenters. The smallest absolute Gasteiger partial charge is 0.335 e. The Morgan fingerprint density at radius 1 is 1.40 bits per heavy atom. The van der Waals surface area contributed by atoms with Crippen LogP contribution in [0.25, 0.3) is 0 Å². The highest BCUT2D eigenvalue weighted by Crippen LogP contribution is 2.32. The maximum atomic E-state index is 10.8. The Bertz CT molecular complexity index is 247. The molecule has 1 aliphatic rings. The minimum absolute atomic E-state index is 0.0355. The van der Waals surface area contributed by atoms with Crippen molar-refractivity contribution < 1.29 is 35.9 Å². The molecule has 7 heteroatoms. The lowest BCUT2D eigenvalue weighted by Crippen LogP contribution is -2.83. The molecule has 0 aromatic carbocycles. The van der Waals surface area contributed by atoms with E-state index < -0.39 is 36.1 Å². The van der Waals surface area contributed by atoms with Crippen molar-refractivity contribution in [3.63, 3.8) is 0 Å². The number of carboxylic acid groups (broad SMARTS) is 1. The number of nitrogens with two attached hydrogens (primary N) is 1. The number of hydroxylamine groups is 1. The van der Waals surface area contributed by atoms with Crippen LogP contribution in [0.3, 0.4) is 0 Å². The summed E-state index contributed by atoms with van der Waals surface area (Å²) in [6.07, 6.45) is -2.99. The third-order valence-corrected chi connectivity index (χ3v) is 2.83. The lowest BCUT2D eigenvalue weighted by Gasteiger charge is -2.38. The molecule has 0 aromatic heterocycles. The van der Waals surface area contributed by atoms with Gasteiger partial charge in [0.15, 0.2) is 5.60 Å². The Morgan fingerprint density at radius 2 is 2.00 bits per heavy atom. The van der Waals surface area contributed by atoms with Crippen molar-refractivity contribution >= 4 is 5.97 Å². The van der Waals surface area contributed by atoms with Crippen molar-refractivity contribution in [2.45, 2.75) is 30.7 Å². The van der Waals surface area contributed by atoms with E-state index in [9.17, 15) is 20.1 Å². The fraction of sp³-hybridized carbons (Fsp3) is 0.875. The van der Waals surface area contributed by atoms with E-state index in [1.165, 1.54) is 0 Å². The first-order chi connectivity index (χ1) is 6.90. The molecule has 0 aliphatic heterocycles. The van der Waals surface area contributed by atoms with Crippen LogP contribution in [0.2, 0.25) is 0 Å². The van der Waals surface area contributed by atoms with Crippen LogP contribution in [-0.4, -0.2) is 56.0 Å². The number of aliphatic carboxylic acids is 1. The summed E-state index contributed by atoms with van der Waals surface area (Å²) in [5.74, 6) is -2.07. The zero-order valence-corrected chi connectivity index (χ0v) is 8.08. The first kappa shape index (κ1) is 12.3. The second kappa shape index (κ2) is 4.42. The van der Waals surface area contributed by atoms with Crippen LogP contribution >= 0.6 is 0 Å². The van der Waals surface area contributed by atoms with Gasteiger partial charge in [0.1, 0.15) is 6.54 Å². The number of quaternary nitrogens is 1. The summed E-state index contributed by atoms with van der Waals surface area (Å²) in [6.45, 7) is 0.0355. The molecule has 15 heavy (non-hydrogen) atoms. The summed E-state index contributed by atoms with van der Waals surface area (Å²) in [7, 11) is 0. The molecule has 0 amide bonds. The van der Waals surface area contributed by atoms with E-state index >= 15 is 0 Å². The Kier molecular flexibility index (Phi) is 3.63. The van der Waals surface area contributed by atoms with Crippen molar-refractivity contribution in [1.29, 1.82) is 0 Å². The summed E-state index contributed by atoms with van der Waals surface area (Å²) in [4.78, 5) is 10.8. The maximum Gasteiger partial charge on any atom is 0.335 e. The van der Waals surface area contributed by atoms with Gasteiger partial charge < -0.3 is 20.4 Å². The SMILES string of the molecule is O=C(O)[C@]1(O)C[C@H](C[NH2+]O)[C@@H](O)[C@H](O)C1. The van der Waals surface area contributed by atoms with E-state index in [2.05, 4.69) is 0 Å². The predicted octanol–water partition coefficient (Wildman–Crippen LogP) is -3.11. The second-order valence-electron chi connectivity index (χ2n) is 3.98. The van der Waals surface area contributed by atoms with Crippen molar-refractivity contribution in [3.8, 4) is 0 Å². The van der Waals surface area contributed by atoms with Gasteiger partial charge in [0.2, 0.25) is 0 Å². The normalized spacial score (nSPS) is 41.5. The summed E-state index contributed by atoms with van der Waals surface area (Å²) in [5.41, 5.74) is -1.24. The zero-order chi connectivity index (χ0) is 11.6. The molecule has 88 valence electrons. The fourth-order valence-corrected chi connectivity index (χ4v) is 1.95. The lowest BCUT2D eigenvalue weighted by molar-refractivity contribution is -0.890. The number of aliphatic hydroxyl groups is 3. The summed E-state index contributed by atoms with van der Waals surface area (Å²) < 4.78 is 0. The van der Waals surface area contributed by atoms with Gasteiger partial charge in [-0.25, -0.2) is 15.5 Å². The van der Waals surface area contributed by atoms with E-state index in [-0.39, 0.29) is 13.0 Å².